The van der Waals surface area contributed by atoms with Crippen LogP contribution in [0.3, 0.4) is 0 Å². The van der Waals surface area contributed by atoms with E-state index in [1.165, 1.54) is 23.2 Å². The van der Waals surface area contributed by atoms with Gasteiger partial charge in [-0.15, -0.1) is 0 Å². The van der Waals surface area contributed by atoms with Crippen LogP contribution in [0.25, 0.3) is 0 Å². The van der Waals surface area contributed by atoms with E-state index in [1.54, 1.807) is 6.92 Å². The minimum absolute atomic E-state index is 0.0883. The lowest BCUT2D eigenvalue weighted by molar-refractivity contribution is -0.152. The topological polar surface area (TPSA) is 167 Å². The summed E-state index contributed by atoms with van der Waals surface area (Å²) in [5, 5.41) is 18.6. The molecule has 0 spiro atoms. The smallest absolute Gasteiger partial charge is 0.372 e. The minimum Gasteiger partial charge on any atom is -0.475 e. The molecule has 10 nitrogen and oxygen atoms in total. The van der Waals surface area contributed by atoms with Gasteiger partial charge in [-0.25, -0.2) is 4.79 Å². The Labute approximate surface area is 155 Å². The third-order valence-corrected chi connectivity index (χ3v) is 4.41. The quantitative estimate of drug-likeness (QED) is 0.292. The zero-order chi connectivity index (χ0) is 20.1. The molecule has 1 fully saturated rings. The summed E-state index contributed by atoms with van der Waals surface area (Å²) in [4.78, 5) is 52.3. The van der Waals surface area contributed by atoms with Crippen molar-refractivity contribution in [3.8, 4) is 0 Å². The number of likely N-dealkylation sites (tertiary alicyclic amines) is 1. The molecule has 144 valence electrons. The average molecular weight is 375 g/mol. The normalized spacial score (nSPS) is 15.7. The van der Waals surface area contributed by atoms with Crippen LogP contribution in [0.2, 0.25) is 0 Å². The number of rotatable bonds is 6. The molecule has 2 rings (SSSR count). The first-order valence-electron chi connectivity index (χ1n) is 8.38. The number of nitrogens with two attached hydrogens (primary N) is 1. The molecule has 5 N–H and O–H groups in total. The number of aliphatic carboxylic acids is 1. The molecule has 0 unspecified atom stereocenters. The number of Topliss-reactive ketones (excluding diaryl/α,β-unsaturated/α-hetero) is 1. The van der Waals surface area contributed by atoms with Gasteiger partial charge in [0.2, 0.25) is 11.7 Å². The van der Waals surface area contributed by atoms with Gasteiger partial charge in [-0.1, -0.05) is 0 Å². The molecular weight excluding hydrogens is 354 g/mol. The Balaban J connectivity index is 1.90. The van der Waals surface area contributed by atoms with Crippen LogP contribution in [0.15, 0.2) is 18.3 Å². The van der Waals surface area contributed by atoms with Crippen LogP contribution in [-0.2, 0) is 14.4 Å². The van der Waals surface area contributed by atoms with E-state index in [0.29, 0.717) is 5.56 Å². The predicted molar refractivity (Wildman–Crippen MR) is 94.1 cm³/mol. The van der Waals surface area contributed by atoms with Crippen molar-refractivity contribution in [3.05, 3.63) is 29.6 Å². The lowest BCUT2D eigenvalue weighted by atomic mass is 9.92. The van der Waals surface area contributed by atoms with E-state index >= 15 is 0 Å². The molecule has 1 atom stereocenters. The lowest BCUT2D eigenvalue weighted by Crippen LogP contribution is -2.50. The van der Waals surface area contributed by atoms with Gasteiger partial charge >= 0.3 is 5.97 Å². The molecule has 1 aromatic rings. The van der Waals surface area contributed by atoms with Crippen molar-refractivity contribution in [2.24, 2.45) is 11.7 Å². The van der Waals surface area contributed by atoms with E-state index in [-0.39, 0.29) is 43.4 Å². The fraction of sp³-hybridized carbons (Fsp3) is 0.412. The van der Waals surface area contributed by atoms with Gasteiger partial charge in [0.15, 0.2) is 0 Å². The highest BCUT2D eigenvalue weighted by Crippen LogP contribution is 2.19. The molecule has 0 bridgehead atoms. The van der Waals surface area contributed by atoms with Crippen molar-refractivity contribution in [3.63, 3.8) is 0 Å². The van der Waals surface area contributed by atoms with Gasteiger partial charge in [0, 0.05) is 30.8 Å². The molecule has 2 heterocycles. The van der Waals surface area contributed by atoms with E-state index in [0.717, 1.165) is 0 Å². The molecule has 0 aliphatic carbocycles. The fourth-order valence-electron chi connectivity index (χ4n) is 2.83. The molecule has 1 aromatic heterocycles. The third-order valence-electron chi connectivity index (χ3n) is 4.41. The zero-order valence-electron chi connectivity index (χ0n) is 14.8. The Morgan fingerprint density at radius 3 is 2.41 bits per heavy atom. The molecule has 1 aliphatic rings. The number of carboxylic acids is 1. The number of piperidine rings is 1. The largest absolute Gasteiger partial charge is 0.475 e. The number of carbonyl (C=O) groups excluding carboxylic acids is 3. The number of amidine groups is 1. The van der Waals surface area contributed by atoms with Crippen molar-refractivity contribution >= 4 is 29.4 Å². The summed E-state index contributed by atoms with van der Waals surface area (Å²) in [5.41, 5.74) is 5.80. The first-order valence-corrected chi connectivity index (χ1v) is 8.38. The number of nitrogen functional groups attached to an aromatic ring is 1. The number of hydrogen-bond acceptors (Lipinski definition) is 6. The fourth-order valence-corrected chi connectivity index (χ4v) is 2.83. The van der Waals surface area contributed by atoms with Crippen molar-refractivity contribution in [2.75, 3.05) is 13.1 Å². The first-order chi connectivity index (χ1) is 12.7. The van der Waals surface area contributed by atoms with E-state index in [1.807, 2.05) is 0 Å². The van der Waals surface area contributed by atoms with E-state index in [9.17, 15) is 19.2 Å². The standard InChI is InChI=1S/C17H21N5O5/c1-9(21-15(24)12-3-2-11(8-20-12)14(18)19)16(25)22-6-4-10(5-7-22)13(23)17(26)27/h2-3,8-10H,4-7H2,1H3,(H3,18,19)(H,21,24)(H,26,27)/t9-/m0/s1. The summed E-state index contributed by atoms with van der Waals surface area (Å²) >= 11 is 0. The van der Waals surface area contributed by atoms with Crippen molar-refractivity contribution in [1.29, 1.82) is 5.41 Å². The van der Waals surface area contributed by atoms with Crippen molar-refractivity contribution in [2.45, 2.75) is 25.8 Å². The maximum atomic E-state index is 12.5. The molecule has 1 saturated heterocycles. The van der Waals surface area contributed by atoms with Crippen molar-refractivity contribution in [1.82, 2.24) is 15.2 Å². The SMILES string of the molecule is C[C@H](NC(=O)c1ccc(C(=N)N)cn1)C(=O)N1CCC(C(=O)C(=O)O)CC1. The monoisotopic (exact) mass is 375 g/mol. The summed E-state index contributed by atoms with van der Waals surface area (Å²) in [6, 6.07) is 2.09. The Hall–Kier alpha value is -3.30. The summed E-state index contributed by atoms with van der Waals surface area (Å²) in [6.45, 7) is 2.06. The number of nitrogens with one attached hydrogen (secondary N) is 2. The van der Waals surface area contributed by atoms with Crippen LogP contribution in [-0.4, -0.2) is 63.5 Å². The highest BCUT2D eigenvalue weighted by atomic mass is 16.4. The van der Waals surface area contributed by atoms with Gasteiger partial charge in [0.25, 0.3) is 5.91 Å². The second kappa shape index (κ2) is 8.39. The third kappa shape index (κ3) is 4.87. The second-order valence-corrected chi connectivity index (χ2v) is 6.31. The van der Waals surface area contributed by atoms with E-state index < -0.39 is 29.6 Å². The van der Waals surface area contributed by atoms with Crippen molar-refractivity contribution < 1.29 is 24.3 Å². The van der Waals surface area contributed by atoms with Crippen LogP contribution >= 0.6 is 0 Å². The Morgan fingerprint density at radius 2 is 1.93 bits per heavy atom. The number of nitrogens with zero attached hydrogens (tertiary/aromatic N) is 2. The maximum Gasteiger partial charge on any atom is 0.372 e. The second-order valence-electron chi connectivity index (χ2n) is 6.31. The number of aromatic nitrogens is 1. The summed E-state index contributed by atoms with van der Waals surface area (Å²) in [5.74, 6) is -3.89. The number of pyridine rings is 1. The lowest BCUT2D eigenvalue weighted by Gasteiger charge is -2.32. The van der Waals surface area contributed by atoms with Gasteiger partial charge in [-0.2, -0.15) is 0 Å². The summed E-state index contributed by atoms with van der Waals surface area (Å²) in [7, 11) is 0. The average Bonchev–Trinajstić information content (AvgIpc) is 2.66. The molecular formula is C17H21N5O5. The van der Waals surface area contributed by atoms with Gasteiger partial charge in [0.1, 0.15) is 17.6 Å². The van der Waals surface area contributed by atoms with Crippen LogP contribution in [0.4, 0.5) is 0 Å². The van der Waals surface area contributed by atoms with E-state index in [2.05, 4.69) is 10.3 Å². The highest BCUT2D eigenvalue weighted by molar-refractivity contribution is 6.33. The predicted octanol–water partition coefficient (Wildman–Crippen LogP) is -0.624. The van der Waals surface area contributed by atoms with Crippen LogP contribution in [0.5, 0.6) is 0 Å². The molecule has 0 radical (unpaired) electrons. The Kier molecular flexibility index (Phi) is 6.22. The Bertz CT molecular complexity index is 768. The number of carbonyl (C=O) groups is 4. The Morgan fingerprint density at radius 1 is 1.30 bits per heavy atom. The highest BCUT2D eigenvalue weighted by Gasteiger charge is 2.32. The molecule has 10 heteroatoms. The van der Waals surface area contributed by atoms with Gasteiger partial charge in [0.05, 0.1) is 0 Å². The number of hydrogen-bond donors (Lipinski definition) is 4. The number of ketones is 1. The number of amides is 2. The van der Waals surface area contributed by atoms with E-state index in [4.69, 9.17) is 16.2 Å². The van der Waals surface area contributed by atoms with Gasteiger partial charge in [-0.3, -0.25) is 24.8 Å². The maximum absolute atomic E-state index is 12.5. The minimum atomic E-state index is -1.45. The molecule has 0 saturated carbocycles. The molecule has 1 aliphatic heterocycles. The first kappa shape index (κ1) is 20.0. The van der Waals surface area contributed by atoms with Crippen LogP contribution in [0, 0.1) is 11.3 Å². The summed E-state index contributed by atoms with van der Waals surface area (Å²) < 4.78 is 0. The molecule has 27 heavy (non-hydrogen) atoms. The van der Waals surface area contributed by atoms with Gasteiger partial charge < -0.3 is 21.1 Å². The van der Waals surface area contributed by atoms with Gasteiger partial charge in [-0.05, 0) is 31.9 Å². The zero-order valence-corrected chi connectivity index (χ0v) is 14.8. The molecule has 2 amide bonds. The summed E-state index contributed by atoms with van der Waals surface area (Å²) in [6.07, 6.45) is 1.87. The number of carboxylic acid groups (broad SMARTS) is 1. The van der Waals surface area contributed by atoms with Crippen LogP contribution < -0.4 is 11.1 Å². The van der Waals surface area contributed by atoms with Crippen LogP contribution in [0.1, 0.15) is 35.8 Å². The molecule has 0 aromatic carbocycles.